The van der Waals surface area contributed by atoms with Gasteiger partial charge in [-0.05, 0) is 11.6 Å². The van der Waals surface area contributed by atoms with Crippen LogP contribution in [0.4, 0.5) is 0 Å². The largest absolute Gasteiger partial charge is 0.326 e. The fraction of sp³-hybridized carbons (Fsp3) is 0.111. The van der Waals surface area contributed by atoms with E-state index in [9.17, 15) is 9.59 Å². The van der Waals surface area contributed by atoms with Crippen LogP contribution < -0.4 is 5.73 Å². The molecule has 3 nitrogen and oxygen atoms in total. The molecular weight excluding hydrogens is 154 g/mol. The van der Waals surface area contributed by atoms with Crippen molar-refractivity contribution in [3.8, 4) is 0 Å². The van der Waals surface area contributed by atoms with Crippen LogP contribution in [0.25, 0.3) is 0 Å². The van der Waals surface area contributed by atoms with Crippen molar-refractivity contribution in [3.05, 3.63) is 34.9 Å². The van der Waals surface area contributed by atoms with Gasteiger partial charge in [0.05, 0.1) is 0 Å². The Morgan fingerprint density at radius 2 is 2.00 bits per heavy atom. The van der Waals surface area contributed by atoms with Gasteiger partial charge in [-0.3, -0.25) is 9.59 Å². The van der Waals surface area contributed by atoms with E-state index in [-0.39, 0.29) is 6.54 Å². The van der Waals surface area contributed by atoms with Crippen molar-refractivity contribution in [1.29, 1.82) is 0 Å². The van der Waals surface area contributed by atoms with Crippen molar-refractivity contribution in [2.75, 3.05) is 0 Å². The minimum absolute atomic E-state index is 0.274. The summed E-state index contributed by atoms with van der Waals surface area (Å²) in [5, 5.41) is 0. The maximum absolute atomic E-state index is 10.4. The first kappa shape index (κ1) is 8.62. The molecule has 0 fully saturated rings. The summed E-state index contributed by atoms with van der Waals surface area (Å²) >= 11 is 0. The molecule has 1 aromatic rings. The summed E-state index contributed by atoms with van der Waals surface area (Å²) in [5.41, 5.74) is 7.17. The molecule has 0 bridgehead atoms. The van der Waals surface area contributed by atoms with Crippen LogP contribution in [0.5, 0.6) is 0 Å². The van der Waals surface area contributed by atoms with Crippen molar-refractivity contribution < 1.29 is 9.59 Å². The fourth-order valence-electron chi connectivity index (χ4n) is 0.991. The Morgan fingerprint density at radius 3 is 2.50 bits per heavy atom. The molecule has 0 aliphatic carbocycles. The lowest BCUT2D eigenvalue weighted by Gasteiger charge is -2.00. The Balaban J connectivity index is 3.18. The molecule has 0 spiro atoms. The Morgan fingerprint density at radius 1 is 1.25 bits per heavy atom. The number of hydrogen-bond donors (Lipinski definition) is 1. The monoisotopic (exact) mass is 163 g/mol. The van der Waals surface area contributed by atoms with E-state index in [4.69, 9.17) is 5.73 Å². The van der Waals surface area contributed by atoms with Gasteiger partial charge >= 0.3 is 0 Å². The molecule has 0 aromatic heterocycles. The second-order valence-electron chi connectivity index (χ2n) is 2.40. The van der Waals surface area contributed by atoms with Gasteiger partial charge in [0.15, 0.2) is 0 Å². The number of carbonyl (C=O) groups excluding carboxylic acids is 2. The SMILES string of the molecule is NCc1cc(C=O)ccc1C=O. The summed E-state index contributed by atoms with van der Waals surface area (Å²) in [6, 6.07) is 4.81. The highest BCUT2D eigenvalue weighted by molar-refractivity contribution is 5.81. The zero-order chi connectivity index (χ0) is 8.97. The van der Waals surface area contributed by atoms with Gasteiger partial charge in [-0.15, -0.1) is 0 Å². The van der Waals surface area contributed by atoms with Gasteiger partial charge in [0.1, 0.15) is 12.6 Å². The van der Waals surface area contributed by atoms with E-state index < -0.39 is 0 Å². The van der Waals surface area contributed by atoms with Gasteiger partial charge in [0.25, 0.3) is 0 Å². The third kappa shape index (κ3) is 1.57. The van der Waals surface area contributed by atoms with Crippen LogP contribution in [0.15, 0.2) is 18.2 Å². The highest BCUT2D eigenvalue weighted by Crippen LogP contribution is 2.07. The van der Waals surface area contributed by atoms with E-state index in [0.717, 1.165) is 12.6 Å². The van der Waals surface area contributed by atoms with E-state index in [2.05, 4.69) is 0 Å². The minimum atomic E-state index is 0.274. The smallest absolute Gasteiger partial charge is 0.150 e. The molecule has 0 atom stereocenters. The standard InChI is InChI=1S/C9H9NO2/c10-4-9-3-7(5-11)1-2-8(9)6-12/h1-3,5-6H,4,10H2. The molecule has 3 heteroatoms. The lowest BCUT2D eigenvalue weighted by molar-refractivity contribution is 0.111. The predicted octanol–water partition coefficient (Wildman–Crippen LogP) is 0.770. The Labute approximate surface area is 70.2 Å². The summed E-state index contributed by atoms with van der Waals surface area (Å²) in [5.74, 6) is 0. The van der Waals surface area contributed by atoms with Crippen LogP contribution >= 0.6 is 0 Å². The molecule has 62 valence electrons. The van der Waals surface area contributed by atoms with Crippen LogP contribution in [0.3, 0.4) is 0 Å². The lowest BCUT2D eigenvalue weighted by atomic mass is 10.1. The number of nitrogens with two attached hydrogens (primary N) is 1. The Hall–Kier alpha value is -1.48. The predicted molar refractivity (Wildman–Crippen MR) is 45.1 cm³/mol. The lowest BCUT2D eigenvalue weighted by Crippen LogP contribution is -2.01. The van der Waals surface area contributed by atoms with Crippen LogP contribution in [-0.2, 0) is 6.54 Å². The average molecular weight is 163 g/mol. The van der Waals surface area contributed by atoms with Crippen molar-refractivity contribution in [2.24, 2.45) is 5.73 Å². The molecular formula is C9H9NO2. The quantitative estimate of drug-likeness (QED) is 0.669. The van der Waals surface area contributed by atoms with Crippen LogP contribution in [0, 0.1) is 0 Å². The number of carbonyl (C=O) groups is 2. The number of hydrogen-bond acceptors (Lipinski definition) is 3. The maximum atomic E-state index is 10.4. The Kier molecular flexibility index (Phi) is 2.71. The third-order valence-electron chi connectivity index (χ3n) is 1.65. The van der Waals surface area contributed by atoms with E-state index in [0.29, 0.717) is 16.7 Å². The molecule has 0 aliphatic rings. The zero-order valence-corrected chi connectivity index (χ0v) is 6.49. The van der Waals surface area contributed by atoms with Gasteiger partial charge in [0.2, 0.25) is 0 Å². The van der Waals surface area contributed by atoms with Crippen molar-refractivity contribution in [2.45, 2.75) is 6.54 Å². The van der Waals surface area contributed by atoms with Crippen LogP contribution in [-0.4, -0.2) is 12.6 Å². The fourth-order valence-corrected chi connectivity index (χ4v) is 0.991. The first-order chi connectivity index (χ1) is 5.81. The molecule has 2 N–H and O–H groups in total. The Bertz CT molecular complexity index is 307. The summed E-state index contributed by atoms with van der Waals surface area (Å²) in [6.07, 6.45) is 1.46. The second kappa shape index (κ2) is 3.78. The average Bonchev–Trinajstić information content (AvgIpc) is 2.16. The molecule has 0 unspecified atom stereocenters. The van der Waals surface area contributed by atoms with Gasteiger partial charge in [0, 0.05) is 17.7 Å². The van der Waals surface area contributed by atoms with Gasteiger partial charge in [-0.25, -0.2) is 0 Å². The first-order valence-corrected chi connectivity index (χ1v) is 3.55. The maximum Gasteiger partial charge on any atom is 0.150 e. The molecule has 0 heterocycles. The van der Waals surface area contributed by atoms with Crippen molar-refractivity contribution >= 4 is 12.6 Å². The van der Waals surface area contributed by atoms with Gasteiger partial charge in [-0.2, -0.15) is 0 Å². The number of aldehydes is 2. The number of benzene rings is 1. The molecule has 0 saturated carbocycles. The summed E-state index contributed by atoms with van der Waals surface area (Å²) in [4.78, 5) is 20.8. The normalized spacial score (nSPS) is 9.42. The van der Waals surface area contributed by atoms with Crippen LogP contribution in [0.2, 0.25) is 0 Å². The third-order valence-corrected chi connectivity index (χ3v) is 1.65. The van der Waals surface area contributed by atoms with Crippen molar-refractivity contribution in [1.82, 2.24) is 0 Å². The molecule has 0 amide bonds. The molecule has 0 aliphatic heterocycles. The summed E-state index contributed by atoms with van der Waals surface area (Å²) in [6.45, 7) is 0.274. The second-order valence-corrected chi connectivity index (χ2v) is 2.40. The van der Waals surface area contributed by atoms with E-state index in [1.54, 1.807) is 18.2 Å². The first-order valence-electron chi connectivity index (χ1n) is 3.55. The molecule has 0 saturated heterocycles. The van der Waals surface area contributed by atoms with E-state index in [1.807, 2.05) is 0 Å². The minimum Gasteiger partial charge on any atom is -0.326 e. The summed E-state index contributed by atoms with van der Waals surface area (Å²) < 4.78 is 0. The van der Waals surface area contributed by atoms with E-state index >= 15 is 0 Å². The van der Waals surface area contributed by atoms with Gasteiger partial charge in [-0.1, -0.05) is 12.1 Å². The highest BCUT2D eigenvalue weighted by atomic mass is 16.1. The highest BCUT2D eigenvalue weighted by Gasteiger charge is 2.00. The molecule has 1 aromatic carbocycles. The molecule has 0 radical (unpaired) electrons. The van der Waals surface area contributed by atoms with E-state index in [1.165, 1.54) is 0 Å². The number of rotatable bonds is 3. The zero-order valence-electron chi connectivity index (χ0n) is 6.49. The van der Waals surface area contributed by atoms with Gasteiger partial charge < -0.3 is 5.73 Å². The van der Waals surface area contributed by atoms with Crippen LogP contribution in [0.1, 0.15) is 26.3 Å². The summed E-state index contributed by atoms with van der Waals surface area (Å²) in [7, 11) is 0. The molecule has 1 rings (SSSR count). The van der Waals surface area contributed by atoms with Crippen molar-refractivity contribution in [3.63, 3.8) is 0 Å². The molecule has 12 heavy (non-hydrogen) atoms. The topological polar surface area (TPSA) is 60.2 Å².